The van der Waals surface area contributed by atoms with E-state index in [1.165, 1.54) is 0 Å². The Hall–Kier alpha value is -0.170. The lowest BCUT2D eigenvalue weighted by molar-refractivity contribution is -0.0778. The maximum Gasteiger partial charge on any atom is 0.155 e. The van der Waals surface area contributed by atoms with Crippen molar-refractivity contribution in [3.8, 4) is 0 Å². The Morgan fingerprint density at radius 2 is 2.22 bits per heavy atom. The molecule has 2 rings (SSSR count). The highest BCUT2D eigenvalue weighted by Crippen LogP contribution is 2.36. The maximum atomic E-state index is 12.5. The molecule has 0 bridgehead atoms. The molecule has 2 N–H and O–H groups in total. The largest absolute Gasteiger partial charge is 0.378 e. The third-order valence-corrected chi connectivity index (χ3v) is 6.80. The van der Waals surface area contributed by atoms with E-state index in [9.17, 15) is 8.42 Å². The molecule has 2 fully saturated rings. The Bertz CT molecular complexity index is 376. The zero-order valence-corrected chi connectivity index (χ0v) is 11.7. The first kappa shape index (κ1) is 14.2. The minimum absolute atomic E-state index is 0.297. The van der Waals surface area contributed by atoms with Crippen molar-refractivity contribution in [3.63, 3.8) is 0 Å². The fraction of sp³-hybridized carbons (Fsp3) is 1.00. The zero-order valence-electron chi connectivity index (χ0n) is 10.9. The average Bonchev–Trinajstić information content (AvgIpc) is 2.77. The lowest BCUT2D eigenvalue weighted by Crippen LogP contribution is -2.47. The van der Waals surface area contributed by atoms with Gasteiger partial charge in [-0.05, 0) is 32.7 Å². The Balaban J connectivity index is 2.08. The van der Waals surface area contributed by atoms with Crippen LogP contribution in [-0.4, -0.2) is 50.9 Å². The molecule has 6 heteroatoms. The molecule has 2 saturated heterocycles. The van der Waals surface area contributed by atoms with Gasteiger partial charge in [-0.2, -0.15) is 0 Å². The van der Waals surface area contributed by atoms with Crippen molar-refractivity contribution in [1.82, 2.24) is 0 Å². The number of sulfone groups is 1. The van der Waals surface area contributed by atoms with Crippen LogP contribution in [0, 0.1) is 0 Å². The summed E-state index contributed by atoms with van der Waals surface area (Å²) in [6, 6.07) is 0. The molecule has 106 valence electrons. The second-order valence-electron chi connectivity index (χ2n) is 5.43. The molecule has 3 unspecified atom stereocenters. The lowest BCUT2D eigenvalue weighted by atomic mass is 9.93. The molecule has 0 amide bonds. The molecule has 5 nitrogen and oxygen atoms in total. The number of ether oxygens (including phenoxy) is 2. The van der Waals surface area contributed by atoms with Gasteiger partial charge in [0, 0.05) is 19.6 Å². The lowest BCUT2D eigenvalue weighted by Gasteiger charge is -2.37. The number of rotatable bonds is 4. The van der Waals surface area contributed by atoms with Crippen molar-refractivity contribution in [2.45, 2.75) is 48.7 Å². The van der Waals surface area contributed by atoms with Gasteiger partial charge in [0.25, 0.3) is 0 Å². The van der Waals surface area contributed by atoms with E-state index in [0.717, 1.165) is 6.42 Å². The zero-order chi connectivity index (χ0) is 13.2. The van der Waals surface area contributed by atoms with Gasteiger partial charge in [0.1, 0.15) is 0 Å². The number of nitrogens with two attached hydrogens (primary N) is 1. The summed E-state index contributed by atoms with van der Waals surface area (Å²) < 4.78 is 36.1. The van der Waals surface area contributed by atoms with Crippen LogP contribution in [0.25, 0.3) is 0 Å². The van der Waals surface area contributed by atoms with Crippen molar-refractivity contribution in [2.75, 3.05) is 26.4 Å². The van der Waals surface area contributed by atoms with E-state index in [4.69, 9.17) is 15.2 Å². The molecular weight excluding hydrogens is 254 g/mol. The predicted octanol–water partition coefficient (Wildman–Crippen LogP) is 0.477. The van der Waals surface area contributed by atoms with E-state index in [-0.39, 0.29) is 16.1 Å². The van der Waals surface area contributed by atoms with Gasteiger partial charge in [-0.15, -0.1) is 0 Å². The van der Waals surface area contributed by atoms with Crippen LogP contribution >= 0.6 is 0 Å². The summed E-state index contributed by atoms with van der Waals surface area (Å²) in [7, 11) is -3.10. The van der Waals surface area contributed by atoms with Gasteiger partial charge in [0.2, 0.25) is 0 Å². The monoisotopic (exact) mass is 277 g/mol. The van der Waals surface area contributed by atoms with E-state index in [2.05, 4.69) is 0 Å². The highest BCUT2D eigenvalue weighted by atomic mass is 32.2. The minimum atomic E-state index is -3.10. The van der Waals surface area contributed by atoms with E-state index < -0.39 is 9.84 Å². The predicted molar refractivity (Wildman–Crippen MR) is 69.2 cm³/mol. The van der Waals surface area contributed by atoms with Crippen molar-refractivity contribution < 1.29 is 17.9 Å². The normalized spacial score (nSPS) is 34.9. The Kier molecular flexibility index (Phi) is 4.31. The Labute approximate surface area is 109 Å². The van der Waals surface area contributed by atoms with Crippen molar-refractivity contribution in [1.29, 1.82) is 0 Å². The SMILES string of the molecule is CC(CCN)S(=O)(=O)C1CCOC2(CCOC2)C1. The van der Waals surface area contributed by atoms with Crippen LogP contribution in [0.1, 0.15) is 32.6 Å². The quantitative estimate of drug-likeness (QED) is 0.808. The van der Waals surface area contributed by atoms with E-state index in [1.54, 1.807) is 6.92 Å². The molecule has 0 aromatic carbocycles. The highest BCUT2D eigenvalue weighted by molar-refractivity contribution is 7.92. The summed E-state index contributed by atoms with van der Waals surface area (Å²) in [5.41, 5.74) is 5.11. The van der Waals surface area contributed by atoms with Crippen LogP contribution in [-0.2, 0) is 19.3 Å². The molecule has 2 aliphatic heterocycles. The standard InChI is InChI=1S/C12H23NO4S/c1-10(2-5-13)18(14,15)11-3-6-17-12(8-11)4-7-16-9-12/h10-11H,2-9,13H2,1H3. The molecule has 3 atom stereocenters. The maximum absolute atomic E-state index is 12.5. The molecule has 0 radical (unpaired) electrons. The van der Waals surface area contributed by atoms with E-state index in [1.807, 2.05) is 0 Å². The molecule has 18 heavy (non-hydrogen) atoms. The Morgan fingerprint density at radius 1 is 1.44 bits per heavy atom. The highest BCUT2D eigenvalue weighted by Gasteiger charge is 2.45. The van der Waals surface area contributed by atoms with Crippen molar-refractivity contribution in [2.24, 2.45) is 5.73 Å². The van der Waals surface area contributed by atoms with Crippen LogP contribution in [0.15, 0.2) is 0 Å². The first-order valence-corrected chi connectivity index (χ1v) is 8.26. The van der Waals surface area contributed by atoms with Gasteiger partial charge in [0.05, 0.1) is 22.7 Å². The van der Waals surface area contributed by atoms with Gasteiger partial charge in [0.15, 0.2) is 9.84 Å². The molecule has 2 heterocycles. The fourth-order valence-electron chi connectivity index (χ4n) is 2.85. The average molecular weight is 277 g/mol. The second-order valence-corrected chi connectivity index (χ2v) is 8.08. The summed E-state index contributed by atoms with van der Waals surface area (Å²) >= 11 is 0. The molecule has 0 aliphatic carbocycles. The summed E-state index contributed by atoms with van der Waals surface area (Å²) in [5, 5.41) is -0.653. The summed E-state index contributed by atoms with van der Waals surface area (Å²) in [6.45, 7) is 3.89. The fourth-order valence-corrected chi connectivity index (χ4v) is 4.94. The number of hydrogen-bond acceptors (Lipinski definition) is 5. The van der Waals surface area contributed by atoms with Gasteiger partial charge in [-0.3, -0.25) is 0 Å². The molecule has 1 spiro atoms. The van der Waals surface area contributed by atoms with E-state index >= 15 is 0 Å². The van der Waals surface area contributed by atoms with E-state index in [0.29, 0.717) is 45.6 Å². The molecular formula is C12H23NO4S. The van der Waals surface area contributed by atoms with Crippen LogP contribution < -0.4 is 5.73 Å². The molecule has 0 aromatic rings. The Morgan fingerprint density at radius 3 is 2.83 bits per heavy atom. The van der Waals surface area contributed by atoms with Gasteiger partial charge in [-0.25, -0.2) is 8.42 Å². The van der Waals surface area contributed by atoms with Gasteiger partial charge >= 0.3 is 0 Å². The van der Waals surface area contributed by atoms with Crippen LogP contribution in [0.5, 0.6) is 0 Å². The van der Waals surface area contributed by atoms with Gasteiger partial charge < -0.3 is 15.2 Å². The summed E-state index contributed by atoms with van der Waals surface area (Å²) in [6.07, 6.45) is 2.51. The summed E-state index contributed by atoms with van der Waals surface area (Å²) in [4.78, 5) is 0. The summed E-state index contributed by atoms with van der Waals surface area (Å²) in [5.74, 6) is 0. The van der Waals surface area contributed by atoms with Crippen LogP contribution in [0.2, 0.25) is 0 Å². The van der Waals surface area contributed by atoms with Crippen molar-refractivity contribution in [3.05, 3.63) is 0 Å². The first-order chi connectivity index (χ1) is 8.50. The third-order valence-electron chi connectivity index (χ3n) is 4.11. The van der Waals surface area contributed by atoms with Crippen LogP contribution in [0.4, 0.5) is 0 Å². The molecule has 2 aliphatic rings. The molecule has 0 saturated carbocycles. The van der Waals surface area contributed by atoms with Gasteiger partial charge in [-0.1, -0.05) is 0 Å². The van der Waals surface area contributed by atoms with Crippen LogP contribution in [0.3, 0.4) is 0 Å². The topological polar surface area (TPSA) is 78.6 Å². The number of hydrogen-bond donors (Lipinski definition) is 1. The molecule has 0 aromatic heterocycles. The first-order valence-electron chi connectivity index (χ1n) is 6.65. The second kappa shape index (κ2) is 5.45. The van der Waals surface area contributed by atoms with Crippen molar-refractivity contribution >= 4 is 9.84 Å². The smallest absolute Gasteiger partial charge is 0.155 e. The minimum Gasteiger partial charge on any atom is -0.378 e. The third kappa shape index (κ3) is 2.71.